The molecular formula is C29H33F3N2O4S. The highest BCUT2D eigenvalue weighted by molar-refractivity contribution is 7.09. The Morgan fingerprint density at radius 3 is 2.36 bits per heavy atom. The highest BCUT2D eigenvalue weighted by atomic mass is 32.1. The second-order valence-corrected chi connectivity index (χ2v) is 10.1. The van der Waals surface area contributed by atoms with Gasteiger partial charge in [0.25, 0.3) is 5.91 Å². The zero-order chi connectivity index (χ0) is 28.6. The molecule has 1 unspecified atom stereocenters. The third kappa shape index (κ3) is 7.98. The van der Waals surface area contributed by atoms with Crippen LogP contribution in [-0.4, -0.2) is 55.0 Å². The second kappa shape index (κ2) is 13.5. The van der Waals surface area contributed by atoms with E-state index in [-0.39, 0.29) is 24.1 Å². The van der Waals surface area contributed by atoms with Gasteiger partial charge in [-0.3, -0.25) is 9.59 Å². The van der Waals surface area contributed by atoms with Gasteiger partial charge in [-0.05, 0) is 67.1 Å². The fraction of sp³-hybridized carbons (Fsp3) is 0.379. The Bertz CT molecular complexity index is 1250. The number of amides is 2. The van der Waals surface area contributed by atoms with E-state index in [0.29, 0.717) is 37.4 Å². The number of hydrogen-bond acceptors (Lipinski definition) is 5. The molecule has 39 heavy (non-hydrogen) atoms. The average molecular weight is 563 g/mol. The van der Waals surface area contributed by atoms with E-state index < -0.39 is 17.6 Å². The molecule has 0 saturated heterocycles. The van der Waals surface area contributed by atoms with Crippen molar-refractivity contribution in [1.82, 2.24) is 9.80 Å². The van der Waals surface area contributed by atoms with Gasteiger partial charge in [-0.25, -0.2) is 0 Å². The minimum Gasteiger partial charge on any atom is -0.493 e. The second-order valence-electron chi connectivity index (χ2n) is 9.10. The van der Waals surface area contributed by atoms with E-state index in [1.165, 1.54) is 28.4 Å². The lowest BCUT2D eigenvalue weighted by atomic mass is 10.1. The minimum atomic E-state index is -4.57. The molecule has 1 aromatic heterocycles. The Morgan fingerprint density at radius 1 is 1.00 bits per heavy atom. The molecule has 0 radical (unpaired) electrons. The first-order valence-corrected chi connectivity index (χ1v) is 13.4. The van der Waals surface area contributed by atoms with Crippen molar-refractivity contribution in [3.05, 3.63) is 81.5 Å². The van der Waals surface area contributed by atoms with Crippen LogP contribution in [0, 0.1) is 0 Å². The molecule has 10 heteroatoms. The van der Waals surface area contributed by atoms with Crippen LogP contribution in [0.1, 0.15) is 46.6 Å². The molecule has 2 amide bonds. The van der Waals surface area contributed by atoms with Crippen LogP contribution in [0.4, 0.5) is 13.2 Å². The van der Waals surface area contributed by atoms with Crippen LogP contribution >= 0.6 is 11.3 Å². The fourth-order valence-corrected chi connectivity index (χ4v) is 4.79. The van der Waals surface area contributed by atoms with Gasteiger partial charge in [-0.2, -0.15) is 13.2 Å². The summed E-state index contributed by atoms with van der Waals surface area (Å²) in [7, 11) is 3.11. The molecule has 0 aliphatic rings. The third-order valence-electron chi connectivity index (χ3n) is 6.52. The maximum Gasteiger partial charge on any atom is 0.416 e. The molecule has 1 heterocycles. The molecule has 0 saturated carbocycles. The van der Waals surface area contributed by atoms with Crippen molar-refractivity contribution in [2.75, 3.05) is 27.3 Å². The van der Waals surface area contributed by atoms with Gasteiger partial charge < -0.3 is 19.3 Å². The van der Waals surface area contributed by atoms with Crippen LogP contribution in [0.3, 0.4) is 0 Å². The predicted molar refractivity (Wildman–Crippen MR) is 145 cm³/mol. The van der Waals surface area contributed by atoms with Crippen molar-refractivity contribution in [2.45, 2.75) is 45.5 Å². The third-order valence-corrected chi connectivity index (χ3v) is 7.39. The van der Waals surface area contributed by atoms with Crippen molar-refractivity contribution >= 4 is 23.2 Å². The highest BCUT2D eigenvalue weighted by Gasteiger charge is 2.32. The van der Waals surface area contributed by atoms with Crippen LogP contribution in [0.5, 0.6) is 11.5 Å². The topological polar surface area (TPSA) is 59.1 Å². The molecular weight excluding hydrogens is 529 g/mol. The van der Waals surface area contributed by atoms with Crippen LogP contribution < -0.4 is 9.47 Å². The molecule has 3 rings (SSSR count). The smallest absolute Gasteiger partial charge is 0.416 e. The Balaban J connectivity index is 1.83. The molecule has 0 aliphatic carbocycles. The van der Waals surface area contributed by atoms with Gasteiger partial charge in [-0.15, -0.1) is 11.3 Å². The van der Waals surface area contributed by atoms with E-state index in [4.69, 9.17) is 9.47 Å². The highest BCUT2D eigenvalue weighted by Crippen LogP contribution is 2.30. The van der Waals surface area contributed by atoms with Gasteiger partial charge in [0.1, 0.15) is 6.54 Å². The number of thiophene rings is 1. The van der Waals surface area contributed by atoms with Crippen LogP contribution in [0.2, 0.25) is 0 Å². The maximum absolute atomic E-state index is 13.6. The first-order valence-electron chi connectivity index (χ1n) is 12.6. The Labute approximate surface area is 230 Å². The van der Waals surface area contributed by atoms with Crippen LogP contribution in [-0.2, 0) is 23.9 Å². The van der Waals surface area contributed by atoms with Gasteiger partial charge in [0.15, 0.2) is 11.5 Å². The average Bonchev–Trinajstić information content (AvgIpc) is 3.45. The number of carbonyl (C=O) groups is 2. The quantitative estimate of drug-likeness (QED) is 0.260. The first-order chi connectivity index (χ1) is 18.6. The molecule has 210 valence electrons. The maximum atomic E-state index is 13.6. The van der Waals surface area contributed by atoms with Crippen molar-refractivity contribution < 1.29 is 32.2 Å². The molecule has 1 atom stereocenters. The molecule has 0 spiro atoms. The van der Waals surface area contributed by atoms with Crippen molar-refractivity contribution in [1.29, 1.82) is 0 Å². The normalized spacial score (nSPS) is 12.1. The summed E-state index contributed by atoms with van der Waals surface area (Å²) in [5.41, 5.74) is -0.0680. The summed E-state index contributed by atoms with van der Waals surface area (Å²) < 4.78 is 50.5. The number of nitrogens with zero attached hydrogens (tertiary/aromatic N) is 2. The Morgan fingerprint density at radius 2 is 1.74 bits per heavy atom. The molecule has 0 bridgehead atoms. The largest absolute Gasteiger partial charge is 0.493 e. The van der Waals surface area contributed by atoms with Gasteiger partial charge in [0.05, 0.1) is 26.3 Å². The zero-order valence-electron chi connectivity index (χ0n) is 22.5. The molecule has 0 fully saturated rings. The number of methoxy groups -OCH3 is 2. The van der Waals surface area contributed by atoms with E-state index in [2.05, 4.69) is 0 Å². The molecule has 3 aromatic rings. The number of benzene rings is 2. The zero-order valence-corrected chi connectivity index (χ0v) is 23.3. The number of ether oxygens (including phenoxy) is 2. The van der Waals surface area contributed by atoms with Crippen molar-refractivity contribution in [2.24, 2.45) is 0 Å². The fourth-order valence-electron chi connectivity index (χ4n) is 4.07. The van der Waals surface area contributed by atoms with Gasteiger partial charge in [0.2, 0.25) is 5.91 Å². The summed E-state index contributed by atoms with van der Waals surface area (Å²) in [5, 5.41) is 1.93. The number of rotatable bonds is 12. The lowest BCUT2D eigenvalue weighted by Crippen LogP contribution is -2.46. The summed E-state index contributed by atoms with van der Waals surface area (Å²) >= 11 is 1.52. The van der Waals surface area contributed by atoms with Crippen molar-refractivity contribution in [3.8, 4) is 11.5 Å². The lowest BCUT2D eigenvalue weighted by molar-refractivity contribution is -0.137. The van der Waals surface area contributed by atoms with Gasteiger partial charge in [0, 0.05) is 23.0 Å². The number of hydrogen-bond donors (Lipinski definition) is 0. The molecule has 0 aliphatic heterocycles. The summed E-state index contributed by atoms with van der Waals surface area (Å²) in [6.07, 6.45) is -3.51. The summed E-state index contributed by atoms with van der Waals surface area (Å²) in [6.45, 7) is 4.13. The first kappa shape index (κ1) is 30.0. The molecule has 0 N–H and O–H groups in total. The summed E-state index contributed by atoms with van der Waals surface area (Å²) in [6, 6.07) is 13.4. The van der Waals surface area contributed by atoms with Gasteiger partial charge >= 0.3 is 6.18 Å². The van der Waals surface area contributed by atoms with Crippen LogP contribution in [0.25, 0.3) is 0 Å². The van der Waals surface area contributed by atoms with E-state index in [1.54, 1.807) is 32.1 Å². The van der Waals surface area contributed by atoms with E-state index >= 15 is 0 Å². The van der Waals surface area contributed by atoms with E-state index in [0.717, 1.165) is 22.6 Å². The SMILES string of the molecule is CCC(C)N(CC(=O)N(CCc1ccc(OC)c(OC)c1)Cc1cccs1)C(=O)c1cccc(C(F)(F)F)c1. The number of halogens is 3. The van der Waals surface area contributed by atoms with E-state index in [9.17, 15) is 22.8 Å². The standard InChI is InChI=1S/C29H33F3N2O4S/c1-5-20(2)34(28(36)22-8-6-9-23(17-22)29(30,31)32)19-27(35)33(18-24-10-7-15-39-24)14-13-21-11-12-25(37-3)26(16-21)38-4/h6-12,15-17,20H,5,13-14,18-19H2,1-4H3. The molecule has 2 aromatic carbocycles. The van der Waals surface area contributed by atoms with Crippen molar-refractivity contribution in [3.63, 3.8) is 0 Å². The number of alkyl halides is 3. The summed E-state index contributed by atoms with van der Waals surface area (Å²) in [4.78, 5) is 31.0. The van der Waals surface area contributed by atoms with Gasteiger partial charge in [-0.1, -0.05) is 25.1 Å². The minimum absolute atomic E-state index is 0.104. The number of carbonyl (C=O) groups excluding carboxylic acids is 2. The lowest BCUT2D eigenvalue weighted by Gasteiger charge is -2.31. The van der Waals surface area contributed by atoms with E-state index in [1.807, 2.05) is 36.6 Å². The summed E-state index contributed by atoms with van der Waals surface area (Å²) in [5.74, 6) is 0.287. The van der Waals surface area contributed by atoms with Crippen LogP contribution in [0.15, 0.2) is 60.0 Å². The Kier molecular flexibility index (Phi) is 10.4. The molecule has 6 nitrogen and oxygen atoms in total. The monoisotopic (exact) mass is 562 g/mol. The Hall–Kier alpha value is -3.53. The predicted octanol–water partition coefficient (Wildman–Crippen LogP) is 6.30.